The Kier molecular flexibility index (Phi) is 66.5. The van der Waals surface area contributed by atoms with Crippen LogP contribution in [0.25, 0.3) is 0 Å². The summed E-state index contributed by atoms with van der Waals surface area (Å²) in [6.07, 6.45) is 101. The molecule has 0 aromatic rings. The number of rotatable bonds is 67. The molecule has 10 heteroatoms. The Balaban J connectivity index is 4.04. The van der Waals surface area contributed by atoms with Crippen molar-refractivity contribution in [3.63, 3.8) is 0 Å². The van der Waals surface area contributed by atoms with E-state index in [1.165, 1.54) is 173 Å². The van der Waals surface area contributed by atoms with E-state index in [-0.39, 0.29) is 32.0 Å². The first-order valence-corrected chi connectivity index (χ1v) is 38.4. The third kappa shape index (κ3) is 73.2. The van der Waals surface area contributed by atoms with Gasteiger partial charge in [-0.1, -0.05) is 314 Å². The lowest BCUT2D eigenvalue weighted by atomic mass is 10.0. The minimum atomic E-state index is -4.65. The zero-order valence-electron chi connectivity index (χ0n) is 58.8. The topological polar surface area (TPSA) is 111 Å². The number of carbonyl (C=O) groups excluding carboxylic acids is 2. The summed E-state index contributed by atoms with van der Waals surface area (Å²) in [6, 6.07) is 0. The maximum Gasteiger partial charge on any atom is 0.306 e. The highest BCUT2D eigenvalue weighted by Crippen LogP contribution is 2.38. The van der Waals surface area contributed by atoms with Crippen molar-refractivity contribution in [3.8, 4) is 0 Å². The Morgan fingerprint density at radius 1 is 0.356 bits per heavy atom. The summed E-state index contributed by atoms with van der Waals surface area (Å²) in [5, 5.41) is 0. The van der Waals surface area contributed by atoms with Crippen molar-refractivity contribution in [1.29, 1.82) is 0 Å². The quantitative estimate of drug-likeness (QED) is 0.0195. The van der Waals surface area contributed by atoms with Crippen LogP contribution in [-0.2, 0) is 32.7 Å². The number of hydrogen-bond acceptors (Lipinski definition) is 8. The van der Waals surface area contributed by atoms with Crippen molar-refractivity contribution in [2.75, 3.05) is 47.5 Å². The summed E-state index contributed by atoms with van der Waals surface area (Å²) in [5.41, 5.74) is 0. The Morgan fingerprint density at radius 2 is 0.633 bits per heavy atom. The SMILES string of the molecule is CC/C=C\C/C=C\C/C=C\C/C=C\C/C=C\C/C=C\C/C=C\C/C=C\CCCCCCCCCCCCCCCCC(=O)OC(COC(=O)CCCCCCCCCCCCCC/C=C\C/C=C\C/C=C\CCCCCCC)COP(=O)([O-])OCC[N+](C)(C)C. The van der Waals surface area contributed by atoms with Gasteiger partial charge in [-0.25, -0.2) is 0 Å². The van der Waals surface area contributed by atoms with Gasteiger partial charge >= 0.3 is 11.9 Å². The highest BCUT2D eigenvalue weighted by Gasteiger charge is 2.22. The zero-order chi connectivity index (χ0) is 65.5. The van der Waals surface area contributed by atoms with Crippen LogP contribution in [0.3, 0.4) is 0 Å². The van der Waals surface area contributed by atoms with Gasteiger partial charge in [-0.3, -0.25) is 14.2 Å². The van der Waals surface area contributed by atoms with Crippen LogP contribution < -0.4 is 4.89 Å². The summed E-state index contributed by atoms with van der Waals surface area (Å²) in [4.78, 5) is 38.1. The molecule has 0 heterocycles. The molecule has 0 aromatic carbocycles. The summed E-state index contributed by atoms with van der Waals surface area (Å²) in [5.74, 6) is -0.833. The largest absolute Gasteiger partial charge is 0.756 e. The first-order valence-electron chi connectivity index (χ1n) is 36.9. The number of phosphoric ester groups is 1. The molecule has 0 bridgehead atoms. The van der Waals surface area contributed by atoms with Gasteiger partial charge in [0.25, 0.3) is 7.82 Å². The monoisotopic (exact) mass is 1270 g/mol. The molecule has 0 aliphatic heterocycles. The summed E-state index contributed by atoms with van der Waals surface area (Å²) < 4.78 is 34.3. The molecule has 90 heavy (non-hydrogen) atoms. The van der Waals surface area contributed by atoms with Gasteiger partial charge in [0.15, 0.2) is 6.10 Å². The molecule has 2 unspecified atom stereocenters. The van der Waals surface area contributed by atoms with Crippen LogP contribution >= 0.6 is 7.82 Å². The molecule has 0 aliphatic rings. The van der Waals surface area contributed by atoms with Gasteiger partial charge < -0.3 is 27.9 Å². The van der Waals surface area contributed by atoms with Gasteiger partial charge in [-0.05, 0) is 116 Å². The minimum Gasteiger partial charge on any atom is -0.756 e. The Labute approximate surface area is 555 Å². The van der Waals surface area contributed by atoms with E-state index in [9.17, 15) is 19.0 Å². The second-order valence-electron chi connectivity index (χ2n) is 25.6. The van der Waals surface area contributed by atoms with Crippen molar-refractivity contribution < 1.29 is 42.1 Å². The van der Waals surface area contributed by atoms with Gasteiger partial charge in [0.2, 0.25) is 0 Å². The molecule has 0 N–H and O–H groups in total. The fraction of sp³-hybridized carbons (Fsp3) is 0.700. The van der Waals surface area contributed by atoms with E-state index in [1.807, 2.05) is 21.1 Å². The molecular formula is C80H138NO8P. The summed E-state index contributed by atoms with van der Waals surface area (Å²) in [6.45, 7) is 4.13. The number of likely N-dealkylation sites (N-methyl/N-ethyl adjacent to an activating group) is 1. The van der Waals surface area contributed by atoms with Crippen molar-refractivity contribution in [1.82, 2.24) is 0 Å². The molecular weight excluding hydrogens is 1130 g/mol. The molecule has 0 fully saturated rings. The molecule has 0 saturated heterocycles. The van der Waals surface area contributed by atoms with Crippen molar-refractivity contribution >= 4 is 19.8 Å². The molecule has 9 nitrogen and oxygen atoms in total. The van der Waals surface area contributed by atoms with Crippen LogP contribution in [0.1, 0.15) is 309 Å². The predicted molar refractivity (Wildman–Crippen MR) is 388 cm³/mol. The molecule has 0 amide bonds. The normalized spacial score (nSPS) is 13.9. The number of esters is 2. The summed E-state index contributed by atoms with van der Waals surface area (Å²) >= 11 is 0. The second kappa shape index (κ2) is 69.5. The first kappa shape index (κ1) is 86.2. The fourth-order valence-corrected chi connectivity index (χ4v) is 10.8. The first-order chi connectivity index (χ1) is 44.0. The van der Waals surface area contributed by atoms with Crippen molar-refractivity contribution in [2.45, 2.75) is 315 Å². The highest BCUT2D eigenvalue weighted by molar-refractivity contribution is 7.45. The summed E-state index contributed by atoms with van der Waals surface area (Å²) in [7, 11) is 1.16. The molecule has 0 saturated carbocycles. The molecule has 0 aliphatic carbocycles. The third-order valence-electron chi connectivity index (χ3n) is 15.7. The highest BCUT2D eigenvalue weighted by atomic mass is 31.2. The zero-order valence-corrected chi connectivity index (χ0v) is 59.7. The van der Waals surface area contributed by atoms with Gasteiger partial charge in [0.05, 0.1) is 27.7 Å². The van der Waals surface area contributed by atoms with Gasteiger partial charge in [-0.2, -0.15) is 0 Å². The van der Waals surface area contributed by atoms with E-state index in [1.54, 1.807) is 0 Å². The van der Waals surface area contributed by atoms with Gasteiger partial charge in [0.1, 0.15) is 19.8 Å². The molecule has 0 rings (SSSR count). The van der Waals surface area contributed by atoms with Crippen LogP contribution in [0.15, 0.2) is 134 Å². The number of ether oxygens (including phenoxy) is 2. The lowest BCUT2D eigenvalue weighted by Gasteiger charge is -2.28. The molecule has 0 aromatic heterocycles. The van der Waals surface area contributed by atoms with Crippen LogP contribution in [0.4, 0.5) is 0 Å². The molecule has 2 atom stereocenters. The minimum absolute atomic E-state index is 0.0356. The van der Waals surface area contributed by atoms with E-state index in [4.69, 9.17) is 18.5 Å². The average Bonchev–Trinajstić information content (AvgIpc) is 3.58. The number of hydrogen-bond donors (Lipinski definition) is 0. The number of carbonyl (C=O) groups is 2. The van der Waals surface area contributed by atoms with Crippen LogP contribution in [0.5, 0.6) is 0 Å². The van der Waals surface area contributed by atoms with E-state index >= 15 is 0 Å². The van der Waals surface area contributed by atoms with Crippen molar-refractivity contribution in [3.05, 3.63) is 134 Å². The second-order valence-corrected chi connectivity index (χ2v) is 27.0. The van der Waals surface area contributed by atoms with Gasteiger partial charge in [0, 0.05) is 12.8 Å². The van der Waals surface area contributed by atoms with Crippen molar-refractivity contribution in [2.24, 2.45) is 0 Å². The Bertz CT molecular complexity index is 1980. The van der Waals surface area contributed by atoms with Crippen LogP contribution in [-0.4, -0.2) is 70.0 Å². The molecule has 0 spiro atoms. The maximum absolute atomic E-state index is 12.9. The van der Waals surface area contributed by atoms with E-state index in [0.29, 0.717) is 17.4 Å². The average molecular weight is 1270 g/mol. The standard InChI is InChI=1S/C80H138NO8P/c1-6-8-10-12-14-16-18-20-22-24-26-28-30-32-34-35-36-37-38-39-40-41-42-43-44-45-47-49-51-53-55-57-59-61-63-65-67-69-71-73-80(83)89-78(77-88-90(84,85)87-75-74-81(3,4)5)76-86-79(82)72-70-68-66-64-62-60-58-56-54-52-50-48-46-33-31-29-27-25-23-21-19-17-15-13-11-9-7-2/h8,10,14,16,19-22,25-28,31-34,36-37,39-40,42-43,78H,6-7,9,11-13,15,17-18,23-24,29-30,35,38,41,44-77H2,1-5H3/b10-8-,16-14-,21-19-,22-20-,27-25-,28-26-,33-31-,34-32-,37-36-,40-39-,43-42-. The van der Waals surface area contributed by atoms with E-state index < -0.39 is 26.5 Å². The fourth-order valence-electron chi connectivity index (χ4n) is 10.0. The lowest BCUT2D eigenvalue weighted by molar-refractivity contribution is -0.870. The lowest BCUT2D eigenvalue weighted by Crippen LogP contribution is -2.37. The maximum atomic E-state index is 12.9. The van der Waals surface area contributed by atoms with Gasteiger partial charge in [-0.15, -0.1) is 0 Å². The molecule has 516 valence electrons. The Hall–Kier alpha value is -3.85. The van der Waals surface area contributed by atoms with Crippen LogP contribution in [0.2, 0.25) is 0 Å². The number of allylic oxidation sites excluding steroid dienone is 22. The number of quaternary nitrogens is 1. The number of phosphoric acid groups is 1. The number of nitrogens with zero attached hydrogens (tertiary/aromatic N) is 1. The smallest absolute Gasteiger partial charge is 0.306 e. The van der Waals surface area contributed by atoms with Crippen LogP contribution in [0, 0.1) is 0 Å². The van der Waals surface area contributed by atoms with E-state index in [0.717, 1.165) is 103 Å². The third-order valence-corrected chi connectivity index (χ3v) is 16.6. The molecule has 0 radical (unpaired) electrons. The number of unbranched alkanes of at least 4 members (excludes halogenated alkanes) is 31. The predicted octanol–water partition coefficient (Wildman–Crippen LogP) is 23.8. The Morgan fingerprint density at radius 3 is 0.944 bits per heavy atom. The van der Waals surface area contributed by atoms with E-state index in [2.05, 4.69) is 148 Å².